The second kappa shape index (κ2) is 8.79. The summed E-state index contributed by atoms with van der Waals surface area (Å²) >= 11 is 7.48. The maximum Gasteiger partial charge on any atom is 0.326 e. The third-order valence-electron chi connectivity index (χ3n) is 2.69. The van der Waals surface area contributed by atoms with Crippen LogP contribution in [0.3, 0.4) is 0 Å². The van der Waals surface area contributed by atoms with Crippen LogP contribution in [0.4, 0.5) is 0 Å². The topological polar surface area (TPSA) is 75.6 Å². The lowest BCUT2D eigenvalue weighted by atomic mass is 10.2. The molecule has 0 unspecified atom stereocenters. The number of carbonyl (C=O) groups excluding carboxylic acids is 1. The second-order valence-corrected chi connectivity index (χ2v) is 5.86. The van der Waals surface area contributed by atoms with Gasteiger partial charge >= 0.3 is 5.97 Å². The van der Waals surface area contributed by atoms with Crippen molar-refractivity contribution in [1.82, 2.24) is 5.32 Å². The summed E-state index contributed by atoms with van der Waals surface area (Å²) < 4.78 is 5.32. The molecule has 116 valence electrons. The summed E-state index contributed by atoms with van der Waals surface area (Å²) in [7, 11) is 0. The fourth-order valence-electron chi connectivity index (χ4n) is 1.59. The third-order valence-corrected chi connectivity index (χ3v) is 3.65. The van der Waals surface area contributed by atoms with Crippen molar-refractivity contribution in [2.45, 2.75) is 19.4 Å². The van der Waals surface area contributed by atoms with Crippen LogP contribution < -0.4 is 10.1 Å². The Morgan fingerprint density at radius 3 is 2.81 bits per heavy atom. The van der Waals surface area contributed by atoms with Gasteiger partial charge in [0.2, 0.25) is 0 Å². The normalized spacial score (nSPS) is 11.8. The van der Waals surface area contributed by atoms with Crippen LogP contribution in [0.1, 0.15) is 12.0 Å². The molecule has 0 heterocycles. The van der Waals surface area contributed by atoms with Gasteiger partial charge in [-0.2, -0.15) is 11.8 Å². The first-order valence-electron chi connectivity index (χ1n) is 6.34. The Bertz CT molecular complexity index is 510. The first-order chi connectivity index (χ1) is 9.93. The molecule has 1 rings (SSSR count). The monoisotopic (exact) mass is 331 g/mol. The van der Waals surface area contributed by atoms with Gasteiger partial charge in [-0.15, -0.1) is 0 Å². The molecule has 0 aliphatic carbocycles. The van der Waals surface area contributed by atoms with Crippen molar-refractivity contribution >= 4 is 35.2 Å². The maximum atomic E-state index is 11.7. The van der Waals surface area contributed by atoms with Gasteiger partial charge in [-0.3, -0.25) is 4.79 Å². The van der Waals surface area contributed by atoms with Crippen molar-refractivity contribution in [3.63, 3.8) is 0 Å². The SMILES string of the molecule is CSCC[C@H](NC(=O)COc1cc(C)ccc1Cl)C(=O)O. The molecule has 0 aromatic heterocycles. The van der Waals surface area contributed by atoms with Gasteiger partial charge in [0.1, 0.15) is 11.8 Å². The maximum absolute atomic E-state index is 11.7. The molecule has 0 radical (unpaired) electrons. The zero-order valence-electron chi connectivity index (χ0n) is 11.9. The summed E-state index contributed by atoms with van der Waals surface area (Å²) in [5.74, 6) is -0.475. The fourth-order valence-corrected chi connectivity index (χ4v) is 2.24. The van der Waals surface area contributed by atoms with E-state index in [2.05, 4.69) is 5.32 Å². The van der Waals surface area contributed by atoms with Gasteiger partial charge in [-0.05, 0) is 43.0 Å². The van der Waals surface area contributed by atoms with E-state index in [0.717, 1.165) is 5.56 Å². The van der Waals surface area contributed by atoms with Crippen LogP contribution >= 0.6 is 23.4 Å². The number of amides is 1. The molecule has 5 nitrogen and oxygen atoms in total. The van der Waals surface area contributed by atoms with Gasteiger partial charge in [0.15, 0.2) is 6.61 Å². The molecule has 0 aliphatic rings. The molecule has 0 saturated heterocycles. The lowest BCUT2D eigenvalue weighted by Gasteiger charge is -2.14. The highest BCUT2D eigenvalue weighted by Crippen LogP contribution is 2.25. The molecular formula is C14H18ClNO4S. The van der Waals surface area contributed by atoms with E-state index in [1.807, 2.05) is 19.2 Å². The minimum absolute atomic E-state index is 0.272. The Hall–Kier alpha value is -1.40. The molecule has 1 aromatic carbocycles. The molecule has 7 heteroatoms. The lowest BCUT2D eigenvalue weighted by Crippen LogP contribution is -2.43. The third kappa shape index (κ3) is 6.27. The van der Waals surface area contributed by atoms with Crippen molar-refractivity contribution in [1.29, 1.82) is 0 Å². The van der Waals surface area contributed by atoms with Crippen molar-refractivity contribution in [3.8, 4) is 5.75 Å². The van der Waals surface area contributed by atoms with Gasteiger partial charge in [0, 0.05) is 0 Å². The first kappa shape index (κ1) is 17.7. The minimum atomic E-state index is -1.05. The van der Waals surface area contributed by atoms with Crippen LogP contribution in [0.15, 0.2) is 18.2 Å². The van der Waals surface area contributed by atoms with E-state index in [1.165, 1.54) is 11.8 Å². The summed E-state index contributed by atoms with van der Waals surface area (Å²) in [5, 5.41) is 11.9. The number of carbonyl (C=O) groups is 2. The number of aliphatic carboxylic acids is 1. The molecule has 0 saturated carbocycles. The Morgan fingerprint density at radius 1 is 1.48 bits per heavy atom. The molecule has 1 atom stereocenters. The average Bonchev–Trinajstić information content (AvgIpc) is 2.44. The number of hydrogen-bond donors (Lipinski definition) is 2. The summed E-state index contributed by atoms with van der Waals surface area (Å²) in [5.41, 5.74) is 0.957. The number of carboxylic acid groups (broad SMARTS) is 1. The number of hydrogen-bond acceptors (Lipinski definition) is 4. The molecular weight excluding hydrogens is 314 g/mol. The summed E-state index contributed by atoms with van der Waals surface area (Å²) in [6.07, 6.45) is 2.25. The molecule has 0 bridgehead atoms. The number of rotatable bonds is 8. The van der Waals surface area contributed by atoms with Crippen molar-refractivity contribution < 1.29 is 19.4 Å². The van der Waals surface area contributed by atoms with Crippen LogP contribution in [0.2, 0.25) is 5.02 Å². The van der Waals surface area contributed by atoms with Gasteiger partial charge in [-0.1, -0.05) is 17.7 Å². The Labute approximate surface area is 133 Å². The number of aryl methyl sites for hydroxylation is 1. The van der Waals surface area contributed by atoms with Crippen LogP contribution in [0, 0.1) is 6.92 Å². The Morgan fingerprint density at radius 2 is 2.19 bits per heavy atom. The molecule has 2 N–H and O–H groups in total. The minimum Gasteiger partial charge on any atom is -0.482 e. The largest absolute Gasteiger partial charge is 0.482 e. The molecule has 1 amide bonds. The lowest BCUT2D eigenvalue weighted by molar-refractivity contribution is -0.142. The van der Waals surface area contributed by atoms with E-state index in [4.69, 9.17) is 21.4 Å². The zero-order valence-corrected chi connectivity index (χ0v) is 13.5. The second-order valence-electron chi connectivity index (χ2n) is 4.46. The number of benzene rings is 1. The highest BCUT2D eigenvalue weighted by molar-refractivity contribution is 7.98. The molecule has 0 aliphatic heterocycles. The van der Waals surface area contributed by atoms with Gasteiger partial charge < -0.3 is 15.2 Å². The van der Waals surface area contributed by atoms with E-state index >= 15 is 0 Å². The van der Waals surface area contributed by atoms with Crippen LogP contribution in [-0.4, -0.2) is 41.6 Å². The smallest absolute Gasteiger partial charge is 0.326 e. The molecule has 1 aromatic rings. The van der Waals surface area contributed by atoms with Crippen molar-refractivity contribution in [2.75, 3.05) is 18.6 Å². The van der Waals surface area contributed by atoms with Crippen LogP contribution in [0.5, 0.6) is 5.75 Å². The number of halogens is 1. The number of carboxylic acids is 1. The quantitative estimate of drug-likeness (QED) is 0.764. The van der Waals surface area contributed by atoms with Crippen molar-refractivity contribution in [3.05, 3.63) is 28.8 Å². The first-order valence-corrected chi connectivity index (χ1v) is 8.11. The van der Waals surface area contributed by atoms with E-state index in [1.54, 1.807) is 12.1 Å². The fraction of sp³-hybridized carbons (Fsp3) is 0.429. The van der Waals surface area contributed by atoms with Crippen molar-refractivity contribution in [2.24, 2.45) is 0 Å². The average molecular weight is 332 g/mol. The van der Waals surface area contributed by atoms with E-state index in [-0.39, 0.29) is 6.61 Å². The number of ether oxygens (including phenoxy) is 1. The van der Waals surface area contributed by atoms with E-state index in [0.29, 0.717) is 22.9 Å². The Kier molecular flexibility index (Phi) is 7.39. The number of nitrogens with one attached hydrogen (secondary N) is 1. The predicted molar refractivity (Wildman–Crippen MR) is 84.2 cm³/mol. The van der Waals surface area contributed by atoms with E-state index < -0.39 is 17.9 Å². The molecule has 21 heavy (non-hydrogen) atoms. The van der Waals surface area contributed by atoms with Crippen LogP contribution in [-0.2, 0) is 9.59 Å². The summed E-state index contributed by atoms with van der Waals surface area (Å²) in [4.78, 5) is 22.8. The number of thioether (sulfide) groups is 1. The van der Waals surface area contributed by atoms with Gasteiger partial charge in [0.05, 0.1) is 5.02 Å². The highest BCUT2D eigenvalue weighted by atomic mass is 35.5. The molecule has 0 fully saturated rings. The van der Waals surface area contributed by atoms with E-state index in [9.17, 15) is 9.59 Å². The predicted octanol–water partition coefficient (Wildman–Crippen LogP) is 2.35. The Balaban J connectivity index is 2.52. The zero-order chi connectivity index (χ0) is 15.8. The standard InChI is InChI=1S/C14H18ClNO4S/c1-9-3-4-10(15)12(7-9)20-8-13(17)16-11(14(18)19)5-6-21-2/h3-4,7,11H,5-6,8H2,1-2H3,(H,16,17)(H,18,19)/t11-/m0/s1. The van der Waals surface area contributed by atoms with Gasteiger partial charge in [0.25, 0.3) is 5.91 Å². The highest BCUT2D eigenvalue weighted by Gasteiger charge is 2.19. The summed E-state index contributed by atoms with van der Waals surface area (Å²) in [6, 6.07) is 4.33. The summed E-state index contributed by atoms with van der Waals surface area (Å²) in [6.45, 7) is 1.61. The van der Waals surface area contributed by atoms with Crippen LogP contribution in [0.25, 0.3) is 0 Å². The molecule has 0 spiro atoms. The van der Waals surface area contributed by atoms with Gasteiger partial charge in [-0.25, -0.2) is 4.79 Å².